The van der Waals surface area contributed by atoms with Gasteiger partial charge in [0.15, 0.2) is 0 Å². The molecule has 0 radical (unpaired) electrons. The Labute approximate surface area is 119 Å². The maximum absolute atomic E-state index is 13.1. The number of ether oxygens (including phenoxy) is 2. The molecule has 4 heteroatoms. The molecule has 0 spiro atoms. The molecule has 0 aromatic heterocycles. The molecule has 2 aliphatic heterocycles. The second kappa shape index (κ2) is 6.55. The van der Waals surface area contributed by atoms with Crippen LogP contribution < -0.4 is 10.1 Å². The van der Waals surface area contributed by atoms with Gasteiger partial charge in [0.1, 0.15) is 17.7 Å². The van der Waals surface area contributed by atoms with E-state index in [9.17, 15) is 4.39 Å². The van der Waals surface area contributed by atoms with E-state index in [1.54, 1.807) is 12.1 Å². The predicted octanol–water partition coefficient (Wildman–Crippen LogP) is 2.54. The molecule has 0 aliphatic carbocycles. The molecule has 3 rings (SSSR count). The SMILES string of the molecule is Fc1ccc2c(c1)CC(COCCC1CCCNC1)O2. The molecular weight excluding hydrogens is 257 g/mol. The summed E-state index contributed by atoms with van der Waals surface area (Å²) in [6.07, 6.45) is 4.48. The highest BCUT2D eigenvalue weighted by Gasteiger charge is 2.23. The third kappa shape index (κ3) is 3.49. The number of fused-ring (bicyclic) bond motifs is 1. The fourth-order valence-electron chi connectivity index (χ4n) is 3.02. The average Bonchev–Trinajstić information content (AvgIpc) is 2.86. The van der Waals surface area contributed by atoms with E-state index in [4.69, 9.17) is 9.47 Å². The zero-order valence-electron chi connectivity index (χ0n) is 11.7. The zero-order valence-corrected chi connectivity index (χ0v) is 11.7. The lowest BCUT2D eigenvalue weighted by Gasteiger charge is -2.22. The van der Waals surface area contributed by atoms with Crippen LogP contribution in [0.5, 0.6) is 5.75 Å². The molecule has 1 aromatic rings. The van der Waals surface area contributed by atoms with Gasteiger partial charge in [0, 0.05) is 18.6 Å². The molecule has 2 heterocycles. The van der Waals surface area contributed by atoms with E-state index < -0.39 is 0 Å². The molecule has 0 amide bonds. The Balaban J connectivity index is 1.36. The standard InChI is InChI=1S/C16H22FNO2/c17-14-3-4-16-13(8-14)9-15(20-16)11-19-7-5-12-2-1-6-18-10-12/h3-4,8,12,15,18H,1-2,5-7,9-11H2. The molecule has 2 aliphatic rings. The summed E-state index contributed by atoms with van der Waals surface area (Å²) in [6.45, 7) is 3.66. The maximum Gasteiger partial charge on any atom is 0.126 e. The van der Waals surface area contributed by atoms with E-state index >= 15 is 0 Å². The minimum atomic E-state index is -0.196. The van der Waals surface area contributed by atoms with Crippen molar-refractivity contribution < 1.29 is 13.9 Å². The van der Waals surface area contributed by atoms with Crippen molar-refractivity contribution in [1.29, 1.82) is 0 Å². The third-order valence-electron chi connectivity index (χ3n) is 4.14. The first-order valence-corrected chi connectivity index (χ1v) is 7.55. The number of rotatable bonds is 5. The molecule has 1 fully saturated rings. The lowest BCUT2D eigenvalue weighted by molar-refractivity contribution is 0.0520. The number of hydrogen-bond acceptors (Lipinski definition) is 3. The lowest BCUT2D eigenvalue weighted by atomic mass is 9.97. The topological polar surface area (TPSA) is 30.5 Å². The van der Waals surface area contributed by atoms with Gasteiger partial charge in [-0.15, -0.1) is 0 Å². The first-order chi connectivity index (χ1) is 9.81. The Morgan fingerprint density at radius 1 is 1.40 bits per heavy atom. The quantitative estimate of drug-likeness (QED) is 0.840. The highest BCUT2D eigenvalue weighted by atomic mass is 19.1. The van der Waals surface area contributed by atoms with E-state index in [1.165, 1.54) is 18.9 Å². The van der Waals surface area contributed by atoms with Gasteiger partial charge < -0.3 is 14.8 Å². The Morgan fingerprint density at radius 3 is 3.20 bits per heavy atom. The van der Waals surface area contributed by atoms with Crippen LogP contribution in [-0.2, 0) is 11.2 Å². The normalized spacial score (nSPS) is 25.2. The summed E-state index contributed by atoms with van der Waals surface area (Å²) in [5.41, 5.74) is 0.954. The monoisotopic (exact) mass is 279 g/mol. The van der Waals surface area contributed by atoms with Crippen molar-refractivity contribution in [2.75, 3.05) is 26.3 Å². The van der Waals surface area contributed by atoms with E-state index in [-0.39, 0.29) is 11.9 Å². The summed E-state index contributed by atoms with van der Waals surface area (Å²) >= 11 is 0. The van der Waals surface area contributed by atoms with E-state index in [2.05, 4.69) is 5.32 Å². The Bertz CT molecular complexity index is 446. The fourth-order valence-corrected chi connectivity index (χ4v) is 3.02. The molecule has 1 N–H and O–H groups in total. The third-order valence-corrected chi connectivity index (χ3v) is 4.14. The summed E-state index contributed by atoms with van der Waals surface area (Å²) in [5, 5.41) is 3.42. The first-order valence-electron chi connectivity index (χ1n) is 7.55. The van der Waals surface area contributed by atoms with Gasteiger partial charge in [0.05, 0.1) is 6.61 Å². The van der Waals surface area contributed by atoms with Gasteiger partial charge in [0.25, 0.3) is 0 Å². The molecule has 1 saturated heterocycles. The van der Waals surface area contributed by atoms with Crippen LogP contribution in [0.25, 0.3) is 0 Å². The molecule has 110 valence electrons. The second-order valence-corrected chi connectivity index (χ2v) is 5.77. The van der Waals surface area contributed by atoms with Gasteiger partial charge in [-0.3, -0.25) is 0 Å². The Hall–Kier alpha value is -1.13. The highest BCUT2D eigenvalue weighted by Crippen LogP contribution is 2.29. The second-order valence-electron chi connectivity index (χ2n) is 5.77. The number of halogens is 1. The van der Waals surface area contributed by atoms with Crippen LogP contribution in [0, 0.1) is 11.7 Å². The number of benzene rings is 1. The van der Waals surface area contributed by atoms with Crippen LogP contribution in [-0.4, -0.2) is 32.4 Å². The van der Waals surface area contributed by atoms with Crippen LogP contribution >= 0.6 is 0 Å². The Morgan fingerprint density at radius 2 is 2.35 bits per heavy atom. The van der Waals surface area contributed by atoms with Crippen molar-refractivity contribution in [3.63, 3.8) is 0 Å². The smallest absolute Gasteiger partial charge is 0.126 e. The predicted molar refractivity (Wildman–Crippen MR) is 75.5 cm³/mol. The summed E-state index contributed by atoms with van der Waals surface area (Å²) in [6, 6.07) is 4.71. The van der Waals surface area contributed by atoms with E-state index in [0.717, 1.165) is 49.8 Å². The molecule has 2 atom stereocenters. The first kappa shape index (κ1) is 13.8. The van der Waals surface area contributed by atoms with Crippen LogP contribution in [0.3, 0.4) is 0 Å². The van der Waals surface area contributed by atoms with Crippen molar-refractivity contribution in [1.82, 2.24) is 5.32 Å². The average molecular weight is 279 g/mol. The minimum absolute atomic E-state index is 0.0382. The lowest BCUT2D eigenvalue weighted by Crippen LogP contribution is -2.30. The minimum Gasteiger partial charge on any atom is -0.487 e. The Kier molecular flexibility index (Phi) is 4.53. The largest absolute Gasteiger partial charge is 0.487 e. The highest BCUT2D eigenvalue weighted by molar-refractivity contribution is 5.37. The maximum atomic E-state index is 13.1. The van der Waals surface area contributed by atoms with Crippen LogP contribution in [0.15, 0.2) is 18.2 Å². The molecular formula is C16H22FNO2. The number of piperidine rings is 1. The fraction of sp³-hybridized carbons (Fsp3) is 0.625. The van der Waals surface area contributed by atoms with E-state index in [0.29, 0.717) is 6.61 Å². The van der Waals surface area contributed by atoms with Crippen LogP contribution in [0.2, 0.25) is 0 Å². The molecule has 0 bridgehead atoms. The van der Waals surface area contributed by atoms with Gasteiger partial charge in [-0.05, 0) is 56.5 Å². The zero-order chi connectivity index (χ0) is 13.8. The van der Waals surface area contributed by atoms with Gasteiger partial charge in [0.2, 0.25) is 0 Å². The van der Waals surface area contributed by atoms with Crippen molar-refractivity contribution >= 4 is 0 Å². The number of hydrogen-bond donors (Lipinski definition) is 1. The molecule has 3 nitrogen and oxygen atoms in total. The summed E-state index contributed by atoms with van der Waals surface area (Å²) in [5.74, 6) is 1.36. The summed E-state index contributed by atoms with van der Waals surface area (Å²) < 4.78 is 24.6. The van der Waals surface area contributed by atoms with Crippen molar-refractivity contribution in [3.05, 3.63) is 29.6 Å². The van der Waals surface area contributed by atoms with Crippen LogP contribution in [0.1, 0.15) is 24.8 Å². The molecule has 0 saturated carbocycles. The van der Waals surface area contributed by atoms with Gasteiger partial charge >= 0.3 is 0 Å². The summed E-state index contributed by atoms with van der Waals surface area (Å²) in [7, 11) is 0. The van der Waals surface area contributed by atoms with Crippen molar-refractivity contribution in [2.24, 2.45) is 5.92 Å². The summed E-state index contributed by atoms with van der Waals surface area (Å²) in [4.78, 5) is 0. The molecule has 2 unspecified atom stereocenters. The van der Waals surface area contributed by atoms with Gasteiger partial charge in [-0.2, -0.15) is 0 Å². The van der Waals surface area contributed by atoms with Crippen molar-refractivity contribution in [3.8, 4) is 5.75 Å². The van der Waals surface area contributed by atoms with Crippen molar-refractivity contribution in [2.45, 2.75) is 31.8 Å². The van der Waals surface area contributed by atoms with Gasteiger partial charge in [-0.25, -0.2) is 4.39 Å². The van der Waals surface area contributed by atoms with E-state index in [1.807, 2.05) is 0 Å². The molecule has 1 aromatic carbocycles. The number of nitrogens with one attached hydrogen (secondary N) is 1. The van der Waals surface area contributed by atoms with Gasteiger partial charge in [-0.1, -0.05) is 0 Å². The molecule has 20 heavy (non-hydrogen) atoms. The van der Waals surface area contributed by atoms with Crippen LogP contribution in [0.4, 0.5) is 4.39 Å².